The second-order valence-electron chi connectivity index (χ2n) is 20.2. The van der Waals surface area contributed by atoms with Crippen molar-refractivity contribution in [3.63, 3.8) is 0 Å². The summed E-state index contributed by atoms with van der Waals surface area (Å²) in [6.45, 7) is 15.2. The van der Waals surface area contributed by atoms with Gasteiger partial charge in [0.15, 0.2) is 49.6 Å². The Bertz CT molecular complexity index is 1590. The Balaban J connectivity index is 1.48. The van der Waals surface area contributed by atoms with Crippen LogP contribution in [0.5, 0.6) is 0 Å². The van der Waals surface area contributed by atoms with E-state index in [1.54, 1.807) is 27.7 Å². The summed E-state index contributed by atoms with van der Waals surface area (Å²) >= 11 is 0. The van der Waals surface area contributed by atoms with Gasteiger partial charge in [-0.2, -0.15) is 0 Å². The number of carbonyl (C=O) groups is 3. The van der Waals surface area contributed by atoms with Crippen LogP contribution in [0.4, 0.5) is 0 Å². The minimum atomic E-state index is -1.89. The first-order valence-electron chi connectivity index (χ1n) is 26.2. The highest BCUT2D eigenvalue weighted by Gasteiger charge is 2.57. The van der Waals surface area contributed by atoms with Gasteiger partial charge in [0, 0.05) is 6.42 Å². The highest BCUT2D eigenvalue weighted by molar-refractivity contribution is 5.72. The van der Waals surface area contributed by atoms with Gasteiger partial charge >= 0.3 is 17.9 Å². The average Bonchev–Trinajstić information content (AvgIpc) is 3.33. The normalized spacial score (nSPS) is 42.7. The molecule has 2 bridgehead atoms. The van der Waals surface area contributed by atoms with Gasteiger partial charge in [-0.25, -0.2) is 0 Å². The standard InChI is InChI=1S/C50H86O20/c1-10-13-19-22-31-23-20-17-15-14-16-18-21-24-32(51)65-41-34(53)28(7)61-50(69-43-35(54)33(52)27(6)60-49(43)64-31)44(41)70-48-38(57)42(67-46(59)26(5)12-3)40(30(9)63-48)68-47-37(56)36(55)39(29(8)62-47)66-45(58)25(4)11-2/h25-31,33-44,47-50,52-57H,10-24H2,1-9H3. The molecule has 5 aliphatic rings. The molecule has 0 amide bonds. The first-order valence-corrected chi connectivity index (χ1v) is 26.2. The monoisotopic (exact) mass is 1010 g/mol. The van der Waals surface area contributed by atoms with E-state index in [4.69, 9.17) is 52.1 Å². The number of ether oxygens (including phenoxy) is 11. The van der Waals surface area contributed by atoms with Crippen LogP contribution < -0.4 is 0 Å². The Morgan fingerprint density at radius 1 is 0.543 bits per heavy atom. The van der Waals surface area contributed by atoms with E-state index in [1.807, 2.05) is 6.92 Å². The SMILES string of the molecule is CCCCCC1CCCCCCCCCC(=O)OC2C(O)C(C)OC(OC3C(O1)OC(C)C(O)C3O)C2OC1OC(C)C(OC2OC(C)C(OC(=O)C(C)CC)C(O)C2O)C(OC(=O)C(C)CC)C1O. The maximum atomic E-state index is 13.6. The zero-order chi connectivity index (χ0) is 51.4. The molecular formula is C50H86O20. The molecule has 6 N–H and O–H groups in total. The third kappa shape index (κ3) is 15.2. The fourth-order valence-corrected chi connectivity index (χ4v) is 9.46. The van der Waals surface area contributed by atoms with Crippen molar-refractivity contribution in [1.29, 1.82) is 0 Å². The molecule has 0 spiro atoms. The molecule has 0 aromatic carbocycles. The van der Waals surface area contributed by atoms with Gasteiger partial charge in [0.2, 0.25) is 0 Å². The molecule has 20 heteroatoms. The molecule has 23 atom stereocenters. The smallest absolute Gasteiger partial charge is 0.309 e. The van der Waals surface area contributed by atoms with E-state index >= 15 is 0 Å². The van der Waals surface area contributed by atoms with Crippen molar-refractivity contribution in [2.75, 3.05) is 0 Å². The number of aliphatic hydroxyl groups is 6. The van der Waals surface area contributed by atoms with Crippen molar-refractivity contribution in [2.45, 2.75) is 288 Å². The minimum absolute atomic E-state index is 0.0288. The van der Waals surface area contributed by atoms with Gasteiger partial charge in [0.25, 0.3) is 0 Å². The predicted molar refractivity (Wildman–Crippen MR) is 247 cm³/mol. The summed E-state index contributed by atoms with van der Waals surface area (Å²) in [4.78, 5) is 39.8. The number of carbonyl (C=O) groups excluding carboxylic acids is 3. The van der Waals surface area contributed by atoms with Crippen LogP contribution in [0.2, 0.25) is 0 Å². The second-order valence-corrected chi connectivity index (χ2v) is 20.2. The number of hydrogen-bond donors (Lipinski definition) is 6. The maximum absolute atomic E-state index is 13.6. The van der Waals surface area contributed by atoms with E-state index in [0.717, 1.165) is 70.6 Å². The average molecular weight is 1010 g/mol. The lowest BCUT2D eigenvalue weighted by Gasteiger charge is -2.50. The molecule has 0 aromatic heterocycles. The molecule has 5 heterocycles. The van der Waals surface area contributed by atoms with E-state index in [1.165, 1.54) is 20.8 Å². The number of fused-ring (bicyclic) bond motifs is 3. The Morgan fingerprint density at radius 3 is 1.71 bits per heavy atom. The number of esters is 3. The molecule has 0 aliphatic carbocycles. The van der Waals surface area contributed by atoms with E-state index in [-0.39, 0.29) is 12.5 Å². The number of unbranched alkanes of at least 4 members (excludes halogenated alkanes) is 2. The molecular weight excluding hydrogens is 921 g/mol. The summed E-state index contributed by atoms with van der Waals surface area (Å²) < 4.78 is 68.1. The molecule has 5 aliphatic heterocycles. The predicted octanol–water partition coefficient (Wildman–Crippen LogP) is 3.60. The largest absolute Gasteiger partial charge is 0.457 e. The van der Waals surface area contributed by atoms with Crippen LogP contribution in [0.15, 0.2) is 0 Å². The van der Waals surface area contributed by atoms with Crippen LogP contribution in [0, 0.1) is 11.8 Å². The van der Waals surface area contributed by atoms with Crippen molar-refractivity contribution in [3.8, 4) is 0 Å². The van der Waals surface area contributed by atoms with Crippen LogP contribution in [0.3, 0.4) is 0 Å². The minimum Gasteiger partial charge on any atom is -0.457 e. The maximum Gasteiger partial charge on any atom is 0.309 e. The van der Waals surface area contributed by atoms with Gasteiger partial charge in [-0.05, 0) is 59.8 Å². The molecule has 406 valence electrons. The molecule has 5 rings (SSSR count). The summed E-state index contributed by atoms with van der Waals surface area (Å²) in [5.41, 5.74) is 0. The number of aliphatic hydroxyl groups excluding tert-OH is 6. The summed E-state index contributed by atoms with van der Waals surface area (Å²) in [6.07, 6.45) is -17.7. The van der Waals surface area contributed by atoms with Crippen molar-refractivity contribution >= 4 is 17.9 Å². The Hall–Kier alpha value is -2.15. The molecule has 0 saturated carbocycles. The van der Waals surface area contributed by atoms with Crippen molar-refractivity contribution < 1.29 is 97.1 Å². The van der Waals surface area contributed by atoms with E-state index in [2.05, 4.69) is 6.92 Å². The van der Waals surface area contributed by atoms with Gasteiger partial charge in [-0.1, -0.05) is 92.4 Å². The highest BCUT2D eigenvalue weighted by atomic mass is 16.8. The van der Waals surface area contributed by atoms with Crippen LogP contribution in [-0.4, -0.2) is 177 Å². The quantitative estimate of drug-likeness (QED) is 0.0824. The fraction of sp³-hybridized carbons (Fsp3) is 0.940. The highest BCUT2D eigenvalue weighted by Crippen LogP contribution is 2.38. The second kappa shape index (κ2) is 27.9. The lowest BCUT2D eigenvalue weighted by atomic mass is 9.95. The van der Waals surface area contributed by atoms with Crippen LogP contribution >= 0.6 is 0 Å². The van der Waals surface area contributed by atoms with Crippen LogP contribution in [-0.2, 0) is 66.5 Å². The van der Waals surface area contributed by atoms with E-state index in [0.29, 0.717) is 19.3 Å². The van der Waals surface area contributed by atoms with E-state index < -0.39 is 153 Å². The van der Waals surface area contributed by atoms with Crippen molar-refractivity contribution in [1.82, 2.24) is 0 Å². The zero-order valence-corrected chi connectivity index (χ0v) is 42.8. The first kappa shape index (κ1) is 58.7. The fourth-order valence-electron chi connectivity index (χ4n) is 9.46. The first-order chi connectivity index (χ1) is 33.3. The number of rotatable bonds is 14. The summed E-state index contributed by atoms with van der Waals surface area (Å²) in [5.74, 6) is -3.06. The Labute approximate surface area is 413 Å². The van der Waals surface area contributed by atoms with Crippen LogP contribution in [0.1, 0.15) is 159 Å². The molecule has 5 saturated heterocycles. The number of hydrogen-bond acceptors (Lipinski definition) is 20. The van der Waals surface area contributed by atoms with Gasteiger partial charge in [-0.3, -0.25) is 14.4 Å². The van der Waals surface area contributed by atoms with Gasteiger partial charge in [-0.15, -0.1) is 0 Å². The molecule has 0 radical (unpaired) electrons. The Kier molecular flexibility index (Phi) is 23.4. The summed E-state index contributed by atoms with van der Waals surface area (Å²) in [6, 6.07) is 0. The van der Waals surface area contributed by atoms with E-state index in [9.17, 15) is 45.0 Å². The Morgan fingerprint density at radius 2 is 1.09 bits per heavy atom. The van der Waals surface area contributed by atoms with Crippen molar-refractivity contribution in [3.05, 3.63) is 0 Å². The topological polar surface area (TPSA) is 274 Å². The summed E-state index contributed by atoms with van der Waals surface area (Å²) in [7, 11) is 0. The van der Waals surface area contributed by atoms with Gasteiger partial charge < -0.3 is 82.7 Å². The molecule has 5 fully saturated rings. The third-order valence-corrected chi connectivity index (χ3v) is 14.6. The van der Waals surface area contributed by atoms with Gasteiger partial charge in [0.1, 0.15) is 48.8 Å². The zero-order valence-electron chi connectivity index (χ0n) is 42.8. The van der Waals surface area contributed by atoms with Crippen LogP contribution in [0.25, 0.3) is 0 Å². The molecule has 20 nitrogen and oxygen atoms in total. The third-order valence-electron chi connectivity index (χ3n) is 14.6. The molecule has 0 aromatic rings. The molecule has 23 unspecified atom stereocenters. The van der Waals surface area contributed by atoms with Crippen molar-refractivity contribution in [2.24, 2.45) is 11.8 Å². The molecule has 70 heavy (non-hydrogen) atoms. The lowest BCUT2D eigenvalue weighted by molar-refractivity contribution is -0.397. The van der Waals surface area contributed by atoms with Gasteiger partial charge in [0.05, 0.1) is 42.4 Å². The summed E-state index contributed by atoms with van der Waals surface area (Å²) in [5, 5.41) is 69.3. The lowest BCUT2D eigenvalue weighted by Crippen LogP contribution is -2.67.